The summed E-state index contributed by atoms with van der Waals surface area (Å²) in [5.74, 6) is -0.281. The van der Waals surface area contributed by atoms with E-state index in [0.717, 1.165) is 12.0 Å². The zero-order valence-corrected chi connectivity index (χ0v) is 11.0. The van der Waals surface area contributed by atoms with Crippen LogP contribution in [0.4, 0.5) is 4.39 Å². The molecule has 1 aliphatic rings. The topological polar surface area (TPSA) is 35.8 Å². The third-order valence-corrected chi connectivity index (χ3v) is 3.98. The molecule has 0 heterocycles. The van der Waals surface area contributed by atoms with E-state index >= 15 is 0 Å². The summed E-state index contributed by atoms with van der Waals surface area (Å²) in [6.07, 6.45) is 3.61. The molecule has 1 atom stereocenters. The lowest BCUT2D eigenvalue weighted by atomic mass is 9.87. The number of hydrogen-bond donors (Lipinski definition) is 1. The van der Waals surface area contributed by atoms with Crippen molar-refractivity contribution in [2.24, 2.45) is 5.41 Å². The fourth-order valence-electron chi connectivity index (χ4n) is 2.76. The van der Waals surface area contributed by atoms with Gasteiger partial charge in [0, 0.05) is 12.6 Å². The van der Waals surface area contributed by atoms with Crippen LogP contribution in [0.5, 0.6) is 0 Å². The standard InChI is InChI=1S/C15H19FN2/c1-15(2)7-3-4-14(15)18-10-12-8-13(16)6-5-11(12)9-17/h5-6,8,14,18H,3-4,7,10H2,1-2H3. The van der Waals surface area contributed by atoms with Gasteiger partial charge in [-0.05, 0) is 42.0 Å². The molecule has 0 aliphatic heterocycles. The summed E-state index contributed by atoms with van der Waals surface area (Å²) in [7, 11) is 0. The van der Waals surface area contributed by atoms with Crippen molar-refractivity contribution < 1.29 is 4.39 Å². The van der Waals surface area contributed by atoms with Gasteiger partial charge in [-0.2, -0.15) is 5.26 Å². The van der Waals surface area contributed by atoms with E-state index in [2.05, 4.69) is 25.2 Å². The van der Waals surface area contributed by atoms with Gasteiger partial charge >= 0.3 is 0 Å². The van der Waals surface area contributed by atoms with Crippen LogP contribution in [0.2, 0.25) is 0 Å². The molecule has 1 fully saturated rings. The Bertz CT molecular complexity index is 474. The number of halogens is 1. The van der Waals surface area contributed by atoms with Crippen molar-refractivity contribution in [2.45, 2.75) is 45.7 Å². The predicted molar refractivity (Wildman–Crippen MR) is 69.4 cm³/mol. The average Bonchev–Trinajstić information content (AvgIpc) is 2.66. The van der Waals surface area contributed by atoms with Gasteiger partial charge in [0.15, 0.2) is 0 Å². The van der Waals surface area contributed by atoms with Crippen molar-refractivity contribution in [3.63, 3.8) is 0 Å². The van der Waals surface area contributed by atoms with E-state index in [1.54, 1.807) is 6.07 Å². The van der Waals surface area contributed by atoms with Gasteiger partial charge < -0.3 is 5.32 Å². The van der Waals surface area contributed by atoms with E-state index in [1.165, 1.54) is 25.0 Å². The van der Waals surface area contributed by atoms with Crippen LogP contribution in [0.15, 0.2) is 18.2 Å². The second-order valence-corrected chi connectivity index (χ2v) is 5.73. The lowest BCUT2D eigenvalue weighted by Gasteiger charge is -2.28. The van der Waals surface area contributed by atoms with Gasteiger partial charge in [-0.15, -0.1) is 0 Å². The van der Waals surface area contributed by atoms with Crippen molar-refractivity contribution in [3.8, 4) is 6.07 Å². The van der Waals surface area contributed by atoms with Crippen LogP contribution < -0.4 is 5.32 Å². The smallest absolute Gasteiger partial charge is 0.123 e. The third kappa shape index (κ3) is 2.70. The minimum Gasteiger partial charge on any atom is -0.309 e. The van der Waals surface area contributed by atoms with Crippen molar-refractivity contribution in [3.05, 3.63) is 35.1 Å². The van der Waals surface area contributed by atoms with Gasteiger partial charge in [0.2, 0.25) is 0 Å². The minimum absolute atomic E-state index is 0.281. The number of rotatable bonds is 3. The molecule has 0 radical (unpaired) electrons. The zero-order valence-electron chi connectivity index (χ0n) is 11.0. The molecule has 96 valence electrons. The fourth-order valence-corrected chi connectivity index (χ4v) is 2.76. The second kappa shape index (κ2) is 5.07. The van der Waals surface area contributed by atoms with E-state index in [-0.39, 0.29) is 5.82 Å². The summed E-state index contributed by atoms with van der Waals surface area (Å²) >= 11 is 0. The first-order chi connectivity index (χ1) is 8.53. The number of nitrogens with one attached hydrogen (secondary N) is 1. The van der Waals surface area contributed by atoms with Crippen LogP contribution in [0.1, 0.15) is 44.2 Å². The largest absolute Gasteiger partial charge is 0.309 e. The Labute approximate surface area is 108 Å². The van der Waals surface area contributed by atoms with Crippen molar-refractivity contribution in [2.75, 3.05) is 0 Å². The normalized spacial score (nSPS) is 21.8. The predicted octanol–water partition coefficient (Wildman–Crippen LogP) is 3.37. The van der Waals surface area contributed by atoms with Crippen LogP contribution in [0, 0.1) is 22.6 Å². The molecule has 18 heavy (non-hydrogen) atoms. The Morgan fingerprint density at radius 2 is 2.28 bits per heavy atom. The molecule has 1 N–H and O–H groups in total. The highest BCUT2D eigenvalue weighted by molar-refractivity contribution is 5.37. The summed E-state index contributed by atoms with van der Waals surface area (Å²) in [4.78, 5) is 0. The number of nitriles is 1. The SMILES string of the molecule is CC1(C)CCCC1NCc1cc(F)ccc1C#N. The molecule has 0 aromatic heterocycles. The lowest BCUT2D eigenvalue weighted by Crippen LogP contribution is -2.37. The molecule has 0 amide bonds. The Balaban J connectivity index is 2.07. The molecule has 1 aliphatic carbocycles. The molecule has 3 heteroatoms. The van der Waals surface area contributed by atoms with Crippen LogP contribution in [0.3, 0.4) is 0 Å². The van der Waals surface area contributed by atoms with Gasteiger partial charge in [-0.3, -0.25) is 0 Å². The quantitative estimate of drug-likeness (QED) is 0.887. The van der Waals surface area contributed by atoms with Gasteiger partial charge in [0.25, 0.3) is 0 Å². The van der Waals surface area contributed by atoms with Crippen molar-refractivity contribution in [1.82, 2.24) is 5.32 Å². The third-order valence-electron chi connectivity index (χ3n) is 3.98. The van der Waals surface area contributed by atoms with Gasteiger partial charge in [0.05, 0.1) is 11.6 Å². The molecule has 1 unspecified atom stereocenters. The second-order valence-electron chi connectivity index (χ2n) is 5.73. The fraction of sp³-hybridized carbons (Fsp3) is 0.533. The maximum absolute atomic E-state index is 13.2. The molecule has 1 aromatic carbocycles. The number of hydrogen-bond acceptors (Lipinski definition) is 2. The van der Waals surface area contributed by atoms with Gasteiger partial charge in [-0.1, -0.05) is 20.3 Å². The van der Waals surface area contributed by atoms with Crippen LogP contribution in [-0.4, -0.2) is 6.04 Å². The van der Waals surface area contributed by atoms with Gasteiger partial charge in [-0.25, -0.2) is 4.39 Å². The highest BCUT2D eigenvalue weighted by Gasteiger charge is 2.33. The first-order valence-electron chi connectivity index (χ1n) is 6.45. The lowest BCUT2D eigenvalue weighted by molar-refractivity contribution is 0.282. The van der Waals surface area contributed by atoms with E-state index in [9.17, 15) is 4.39 Å². The molecular weight excluding hydrogens is 227 g/mol. The summed E-state index contributed by atoms with van der Waals surface area (Å²) in [6.45, 7) is 5.08. The highest BCUT2D eigenvalue weighted by atomic mass is 19.1. The minimum atomic E-state index is -0.281. The average molecular weight is 246 g/mol. The summed E-state index contributed by atoms with van der Waals surface area (Å²) < 4.78 is 13.2. The van der Waals surface area contributed by atoms with E-state index in [4.69, 9.17) is 5.26 Å². The monoisotopic (exact) mass is 246 g/mol. The van der Waals surface area contributed by atoms with Crippen LogP contribution >= 0.6 is 0 Å². The Morgan fingerprint density at radius 1 is 1.50 bits per heavy atom. The summed E-state index contributed by atoms with van der Waals surface area (Å²) in [6, 6.07) is 6.90. The van der Waals surface area contributed by atoms with E-state index < -0.39 is 0 Å². The molecule has 0 bridgehead atoms. The maximum atomic E-state index is 13.2. The van der Waals surface area contributed by atoms with Crippen LogP contribution in [-0.2, 0) is 6.54 Å². The highest BCUT2D eigenvalue weighted by Crippen LogP contribution is 2.37. The molecule has 2 rings (SSSR count). The molecular formula is C15H19FN2. The molecule has 0 saturated heterocycles. The summed E-state index contributed by atoms with van der Waals surface area (Å²) in [5, 5.41) is 12.5. The number of nitrogens with zero attached hydrogens (tertiary/aromatic N) is 1. The van der Waals surface area contributed by atoms with E-state index in [1.807, 2.05) is 0 Å². The maximum Gasteiger partial charge on any atom is 0.123 e. The Morgan fingerprint density at radius 3 is 2.89 bits per heavy atom. The molecule has 2 nitrogen and oxygen atoms in total. The Kier molecular flexibility index (Phi) is 3.68. The first kappa shape index (κ1) is 13.0. The van der Waals surface area contributed by atoms with Crippen molar-refractivity contribution in [1.29, 1.82) is 5.26 Å². The van der Waals surface area contributed by atoms with Crippen LogP contribution in [0.25, 0.3) is 0 Å². The summed E-state index contributed by atoms with van der Waals surface area (Å²) in [5.41, 5.74) is 1.60. The zero-order chi connectivity index (χ0) is 13.2. The first-order valence-corrected chi connectivity index (χ1v) is 6.45. The van der Waals surface area contributed by atoms with E-state index in [0.29, 0.717) is 23.6 Å². The van der Waals surface area contributed by atoms with Crippen molar-refractivity contribution >= 4 is 0 Å². The molecule has 1 aromatic rings. The molecule has 0 spiro atoms. The number of benzene rings is 1. The Hall–Kier alpha value is -1.40. The molecule has 1 saturated carbocycles. The van der Waals surface area contributed by atoms with Gasteiger partial charge in [0.1, 0.15) is 5.82 Å².